The van der Waals surface area contributed by atoms with Gasteiger partial charge in [-0.25, -0.2) is 0 Å². The second-order valence-electron chi connectivity index (χ2n) is 7.63. The molecule has 1 unspecified atom stereocenters. The third kappa shape index (κ3) is 2.27. The van der Waals surface area contributed by atoms with Gasteiger partial charge in [0.2, 0.25) is 0 Å². The van der Waals surface area contributed by atoms with E-state index in [0.717, 1.165) is 49.9 Å². The largest absolute Gasteiger partial charge is 0.338 e. The molecule has 1 amide bonds. The molecule has 1 saturated heterocycles. The van der Waals surface area contributed by atoms with Gasteiger partial charge in [0.15, 0.2) is 0 Å². The van der Waals surface area contributed by atoms with Crippen LogP contribution in [0.5, 0.6) is 0 Å². The quantitative estimate of drug-likeness (QED) is 0.874. The molecule has 0 saturated carbocycles. The first-order chi connectivity index (χ1) is 11.5. The molecule has 1 spiro atoms. The van der Waals surface area contributed by atoms with E-state index in [2.05, 4.69) is 41.1 Å². The second kappa shape index (κ2) is 5.47. The highest BCUT2D eigenvalue weighted by Crippen LogP contribution is 2.44. The Labute approximate surface area is 143 Å². The Bertz CT molecular complexity index is 807. The van der Waals surface area contributed by atoms with Crippen molar-refractivity contribution in [2.45, 2.75) is 51.9 Å². The molecular formula is C20H25N3O. The Kier molecular flexibility index (Phi) is 3.52. The van der Waals surface area contributed by atoms with Crippen molar-refractivity contribution in [2.75, 3.05) is 13.1 Å². The number of benzene rings is 1. The summed E-state index contributed by atoms with van der Waals surface area (Å²) < 4.78 is 0. The molecule has 4 nitrogen and oxygen atoms in total. The summed E-state index contributed by atoms with van der Waals surface area (Å²) in [4.78, 5) is 15.2. The van der Waals surface area contributed by atoms with E-state index in [4.69, 9.17) is 0 Å². The third-order valence-corrected chi connectivity index (χ3v) is 6.06. The minimum Gasteiger partial charge on any atom is -0.338 e. The third-order valence-electron chi connectivity index (χ3n) is 6.06. The number of hydrogen-bond acceptors (Lipinski definition) is 2. The smallest absolute Gasteiger partial charge is 0.254 e. The fourth-order valence-corrected chi connectivity index (χ4v) is 4.53. The number of nitrogens with one attached hydrogen (secondary N) is 1. The minimum atomic E-state index is 0.0907. The molecule has 1 fully saturated rings. The van der Waals surface area contributed by atoms with E-state index in [1.807, 2.05) is 13.1 Å². The van der Waals surface area contributed by atoms with Crippen LogP contribution in [-0.2, 0) is 11.8 Å². The number of nitrogens with zero attached hydrogens (tertiary/aromatic N) is 2. The second-order valence-corrected chi connectivity index (χ2v) is 7.63. The first kappa shape index (κ1) is 15.4. The zero-order valence-electron chi connectivity index (χ0n) is 14.8. The fraction of sp³-hybridized carbons (Fsp3) is 0.500. The highest BCUT2D eigenvalue weighted by Gasteiger charge is 2.44. The lowest BCUT2D eigenvalue weighted by molar-refractivity contribution is 0.0632. The zero-order chi connectivity index (χ0) is 16.9. The summed E-state index contributed by atoms with van der Waals surface area (Å²) in [5, 5.41) is 7.45. The van der Waals surface area contributed by atoms with E-state index in [1.165, 1.54) is 22.4 Å². The summed E-state index contributed by atoms with van der Waals surface area (Å²) >= 11 is 0. The number of rotatable bonds is 1. The molecule has 126 valence electrons. The van der Waals surface area contributed by atoms with Gasteiger partial charge in [-0.3, -0.25) is 9.89 Å². The highest BCUT2D eigenvalue weighted by molar-refractivity contribution is 5.96. The molecule has 0 radical (unpaired) electrons. The van der Waals surface area contributed by atoms with Crippen LogP contribution >= 0.6 is 0 Å². The maximum atomic E-state index is 13.2. The normalized spacial score (nSPS) is 22.9. The molecule has 2 aromatic rings. The summed E-state index contributed by atoms with van der Waals surface area (Å²) in [6.45, 7) is 7.90. The van der Waals surface area contributed by atoms with E-state index in [0.29, 0.717) is 0 Å². The lowest BCUT2D eigenvalue weighted by atomic mass is 9.77. The van der Waals surface area contributed by atoms with Crippen molar-refractivity contribution in [1.82, 2.24) is 15.1 Å². The van der Waals surface area contributed by atoms with Crippen molar-refractivity contribution >= 4 is 5.91 Å². The summed E-state index contributed by atoms with van der Waals surface area (Å²) in [6, 6.07) is 4.19. The van der Waals surface area contributed by atoms with Crippen LogP contribution in [0.2, 0.25) is 0 Å². The number of hydrogen-bond donors (Lipinski definition) is 1. The molecule has 24 heavy (non-hydrogen) atoms. The van der Waals surface area contributed by atoms with Crippen molar-refractivity contribution in [3.8, 4) is 0 Å². The number of fused-ring (bicyclic) bond motifs is 2. The number of piperidine rings is 1. The summed E-state index contributed by atoms with van der Waals surface area (Å²) in [5.74, 6) is 0.183. The predicted molar refractivity (Wildman–Crippen MR) is 94.4 cm³/mol. The number of carbonyl (C=O) groups excluding carboxylic acids is 1. The number of aromatic amines is 1. The average molecular weight is 323 g/mol. The molecule has 1 aliphatic carbocycles. The lowest BCUT2D eigenvalue weighted by Gasteiger charge is -2.40. The highest BCUT2D eigenvalue weighted by atomic mass is 16.2. The Morgan fingerprint density at radius 1 is 1.17 bits per heavy atom. The van der Waals surface area contributed by atoms with Crippen molar-refractivity contribution in [3.05, 3.63) is 51.8 Å². The first-order valence-electron chi connectivity index (χ1n) is 8.90. The van der Waals surface area contributed by atoms with Gasteiger partial charge in [0.25, 0.3) is 5.91 Å². The van der Waals surface area contributed by atoms with Crippen LogP contribution in [0.1, 0.15) is 57.6 Å². The van der Waals surface area contributed by atoms with Gasteiger partial charge in [-0.2, -0.15) is 5.10 Å². The SMILES string of the molecule is Cc1cc(C)c(C(=O)N2CCCC3(CCc4cn[nH]c43)C2)cc1C. The van der Waals surface area contributed by atoms with Crippen molar-refractivity contribution < 1.29 is 4.79 Å². The number of aryl methyl sites for hydroxylation is 4. The number of carbonyl (C=O) groups is 1. The molecule has 1 atom stereocenters. The number of H-pyrrole nitrogens is 1. The van der Waals surface area contributed by atoms with Crippen molar-refractivity contribution in [1.29, 1.82) is 0 Å². The molecule has 4 heteroatoms. The lowest BCUT2D eigenvalue weighted by Crippen LogP contribution is -2.48. The molecule has 1 aliphatic heterocycles. The van der Waals surface area contributed by atoms with Gasteiger partial charge in [0.1, 0.15) is 0 Å². The molecule has 4 rings (SSSR count). The van der Waals surface area contributed by atoms with Gasteiger partial charge < -0.3 is 4.90 Å². The monoisotopic (exact) mass is 323 g/mol. The van der Waals surface area contributed by atoms with Crippen LogP contribution in [-0.4, -0.2) is 34.1 Å². The van der Waals surface area contributed by atoms with Crippen LogP contribution in [0.25, 0.3) is 0 Å². The number of amides is 1. The minimum absolute atomic E-state index is 0.0907. The average Bonchev–Trinajstić information content (AvgIpc) is 3.16. The maximum Gasteiger partial charge on any atom is 0.254 e. The van der Waals surface area contributed by atoms with Crippen molar-refractivity contribution in [3.63, 3.8) is 0 Å². The molecule has 1 aromatic carbocycles. The molecule has 1 aromatic heterocycles. The van der Waals surface area contributed by atoms with Gasteiger partial charge in [0, 0.05) is 29.8 Å². The van der Waals surface area contributed by atoms with Gasteiger partial charge in [0.05, 0.1) is 6.20 Å². The molecule has 1 N–H and O–H groups in total. The van der Waals surface area contributed by atoms with Crippen molar-refractivity contribution in [2.24, 2.45) is 0 Å². The van der Waals surface area contributed by atoms with Gasteiger partial charge in [-0.15, -0.1) is 0 Å². The summed E-state index contributed by atoms with van der Waals surface area (Å²) in [7, 11) is 0. The number of likely N-dealkylation sites (tertiary alicyclic amines) is 1. The standard InChI is InChI=1S/C20H25N3O/c1-13-9-15(3)17(10-14(13)2)19(24)23-8-4-6-20(12-23)7-5-16-11-21-22-18(16)20/h9-11H,4-8,12H2,1-3H3,(H,21,22). The van der Waals surface area contributed by atoms with Gasteiger partial charge in [-0.1, -0.05) is 6.07 Å². The van der Waals surface area contributed by atoms with Crippen LogP contribution in [0.15, 0.2) is 18.3 Å². The maximum absolute atomic E-state index is 13.2. The van der Waals surface area contributed by atoms with Crippen LogP contribution in [0, 0.1) is 20.8 Å². The fourth-order valence-electron chi connectivity index (χ4n) is 4.53. The predicted octanol–water partition coefficient (Wildman–Crippen LogP) is 3.46. The van der Waals surface area contributed by atoms with Gasteiger partial charge in [-0.05, 0) is 74.8 Å². The first-order valence-corrected chi connectivity index (χ1v) is 8.90. The number of aromatic nitrogens is 2. The van der Waals surface area contributed by atoms with Crippen LogP contribution in [0.3, 0.4) is 0 Å². The topological polar surface area (TPSA) is 49.0 Å². The Morgan fingerprint density at radius 2 is 1.96 bits per heavy atom. The summed E-state index contributed by atoms with van der Waals surface area (Å²) in [6.07, 6.45) is 6.38. The van der Waals surface area contributed by atoms with Crippen LogP contribution < -0.4 is 0 Å². The Balaban J connectivity index is 1.64. The van der Waals surface area contributed by atoms with E-state index < -0.39 is 0 Å². The van der Waals surface area contributed by atoms with E-state index in [9.17, 15) is 4.79 Å². The zero-order valence-corrected chi connectivity index (χ0v) is 14.8. The molecule has 2 aliphatic rings. The Hall–Kier alpha value is -2.10. The molecular weight excluding hydrogens is 298 g/mol. The molecule has 0 bridgehead atoms. The van der Waals surface area contributed by atoms with Crippen LogP contribution in [0.4, 0.5) is 0 Å². The van der Waals surface area contributed by atoms with E-state index >= 15 is 0 Å². The van der Waals surface area contributed by atoms with E-state index in [1.54, 1.807) is 0 Å². The van der Waals surface area contributed by atoms with E-state index in [-0.39, 0.29) is 11.3 Å². The van der Waals surface area contributed by atoms with Gasteiger partial charge >= 0.3 is 0 Å². The summed E-state index contributed by atoms with van der Waals surface area (Å²) in [5.41, 5.74) is 7.08. The molecule has 2 heterocycles. The Morgan fingerprint density at radius 3 is 2.79 bits per heavy atom.